The summed E-state index contributed by atoms with van der Waals surface area (Å²) in [4.78, 5) is 11.5. The first-order chi connectivity index (χ1) is 9.43. The second kappa shape index (κ2) is 8.12. The molecule has 1 atom stereocenters. The second-order valence-corrected chi connectivity index (χ2v) is 5.59. The van der Waals surface area contributed by atoms with E-state index in [-0.39, 0.29) is 5.91 Å². The lowest BCUT2D eigenvalue weighted by Gasteiger charge is -2.17. The smallest absolute Gasteiger partial charge is 0.260 e. The average molecular weight is 299 g/mol. The van der Waals surface area contributed by atoms with E-state index in [4.69, 9.17) is 16.3 Å². The molecule has 0 aliphatic carbocycles. The summed E-state index contributed by atoms with van der Waals surface area (Å²) in [5, 5.41) is 6.57. The van der Waals surface area contributed by atoms with Crippen molar-refractivity contribution >= 4 is 17.5 Å². The molecule has 20 heavy (non-hydrogen) atoms. The molecule has 0 fully saturated rings. The van der Waals surface area contributed by atoms with Crippen molar-refractivity contribution in [2.75, 3.05) is 13.6 Å². The molecule has 5 heteroatoms. The first-order valence-electron chi connectivity index (χ1n) is 6.81. The van der Waals surface area contributed by atoms with Crippen LogP contribution < -0.4 is 15.4 Å². The van der Waals surface area contributed by atoms with Crippen molar-refractivity contribution in [1.29, 1.82) is 0 Å². The van der Waals surface area contributed by atoms with Gasteiger partial charge in [-0.25, -0.2) is 0 Å². The van der Waals surface area contributed by atoms with Crippen molar-refractivity contribution in [3.63, 3.8) is 0 Å². The summed E-state index contributed by atoms with van der Waals surface area (Å²) in [5.74, 6) is 1.10. The fourth-order valence-corrected chi connectivity index (χ4v) is 1.94. The van der Waals surface area contributed by atoms with Crippen LogP contribution in [0.5, 0.6) is 5.75 Å². The van der Waals surface area contributed by atoms with E-state index in [0.29, 0.717) is 23.2 Å². The van der Waals surface area contributed by atoms with E-state index in [2.05, 4.69) is 24.5 Å². The fraction of sp³-hybridized carbons (Fsp3) is 0.533. The Balaban J connectivity index is 2.76. The number of hydrogen-bond donors (Lipinski definition) is 2. The highest BCUT2D eigenvalue weighted by molar-refractivity contribution is 6.30. The molecule has 0 heterocycles. The molecule has 2 N–H and O–H groups in total. The first-order valence-corrected chi connectivity index (χ1v) is 7.19. The van der Waals surface area contributed by atoms with E-state index in [1.165, 1.54) is 0 Å². The van der Waals surface area contributed by atoms with E-state index in [1.807, 2.05) is 6.07 Å². The maximum absolute atomic E-state index is 11.5. The van der Waals surface area contributed by atoms with Crippen molar-refractivity contribution in [2.24, 2.45) is 5.92 Å². The molecule has 1 amide bonds. The second-order valence-electron chi connectivity index (χ2n) is 5.15. The van der Waals surface area contributed by atoms with E-state index < -0.39 is 6.10 Å². The van der Waals surface area contributed by atoms with Gasteiger partial charge in [0, 0.05) is 24.2 Å². The van der Waals surface area contributed by atoms with Crippen LogP contribution in [-0.2, 0) is 11.3 Å². The summed E-state index contributed by atoms with van der Waals surface area (Å²) in [6.07, 6.45) is -0.537. The molecular weight excluding hydrogens is 276 g/mol. The Hall–Kier alpha value is -1.26. The minimum Gasteiger partial charge on any atom is -0.481 e. The molecule has 0 spiro atoms. The van der Waals surface area contributed by atoms with E-state index in [1.54, 1.807) is 26.1 Å². The summed E-state index contributed by atoms with van der Waals surface area (Å²) in [6, 6.07) is 5.42. The number of halogens is 1. The predicted molar refractivity (Wildman–Crippen MR) is 82.2 cm³/mol. The monoisotopic (exact) mass is 298 g/mol. The Bertz CT molecular complexity index is 449. The van der Waals surface area contributed by atoms with Gasteiger partial charge >= 0.3 is 0 Å². The van der Waals surface area contributed by atoms with Crippen LogP contribution in [0.2, 0.25) is 5.02 Å². The van der Waals surface area contributed by atoms with Gasteiger partial charge in [0.25, 0.3) is 5.91 Å². The maximum Gasteiger partial charge on any atom is 0.260 e. The number of hydrogen-bond acceptors (Lipinski definition) is 3. The molecule has 0 aliphatic rings. The van der Waals surface area contributed by atoms with Gasteiger partial charge in [-0.15, -0.1) is 0 Å². The number of ether oxygens (including phenoxy) is 1. The lowest BCUT2D eigenvalue weighted by Crippen LogP contribution is -2.34. The zero-order valence-corrected chi connectivity index (χ0v) is 13.3. The summed E-state index contributed by atoms with van der Waals surface area (Å²) in [6.45, 7) is 7.59. The van der Waals surface area contributed by atoms with Gasteiger partial charge < -0.3 is 15.4 Å². The van der Waals surface area contributed by atoms with Crippen molar-refractivity contribution in [2.45, 2.75) is 33.4 Å². The van der Waals surface area contributed by atoms with Crippen LogP contribution in [0, 0.1) is 5.92 Å². The summed E-state index contributed by atoms with van der Waals surface area (Å²) >= 11 is 6.02. The minimum absolute atomic E-state index is 0.152. The lowest BCUT2D eigenvalue weighted by molar-refractivity contribution is -0.126. The standard InChI is InChI=1S/C15H23ClN2O2/c1-10(2)8-18-9-12-7-13(16)5-6-14(12)20-11(3)15(19)17-4/h5-7,10-11,18H,8-9H2,1-4H3,(H,17,19). The minimum atomic E-state index is -0.537. The average Bonchev–Trinajstić information content (AvgIpc) is 2.40. The summed E-state index contributed by atoms with van der Waals surface area (Å²) in [7, 11) is 1.59. The maximum atomic E-state index is 11.5. The molecule has 1 unspecified atom stereocenters. The Kier molecular flexibility index (Phi) is 6.82. The van der Waals surface area contributed by atoms with E-state index in [9.17, 15) is 4.79 Å². The van der Waals surface area contributed by atoms with E-state index >= 15 is 0 Å². The number of benzene rings is 1. The Morgan fingerprint density at radius 2 is 2.05 bits per heavy atom. The third kappa shape index (κ3) is 5.39. The van der Waals surface area contributed by atoms with Crippen molar-refractivity contribution in [1.82, 2.24) is 10.6 Å². The van der Waals surface area contributed by atoms with Gasteiger partial charge in [-0.05, 0) is 37.6 Å². The van der Waals surface area contributed by atoms with Crippen molar-refractivity contribution in [3.8, 4) is 5.75 Å². The van der Waals surface area contributed by atoms with Crippen LogP contribution in [0.1, 0.15) is 26.3 Å². The SMILES string of the molecule is CNC(=O)C(C)Oc1ccc(Cl)cc1CNCC(C)C. The molecule has 0 radical (unpaired) electrons. The summed E-state index contributed by atoms with van der Waals surface area (Å²) in [5.41, 5.74) is 0.953. The molecule has 0 saturated heterocycles. The Morgan fingerprint density at radius 1 is 1.35 bits per heavy atom. The topological polar surface area (TPSA) is 50.4 Å². The molecule has 4 nitrogen and oxygen atoms in total. The van der Waals surface area contributed by atoms with Gasteiger partial charge in [0.05, 0.1) is 0 Å². The molecular formula is C15H23ClN2O2. The van der Waals surface area contributed by atoms with Crippen LogP contribution in [0.4, 0.5) is 0 Å². The molecule has 112 valence electrons. The van der Waals surface area contributed by atoms with Crippen LogP contribution in [0.3, 0.4) is 0 Å². The predicted octanol–water partition coefficient (Wildman–Crippen LogP) is 2.60. The van der Waals surface area contributed by atoms with E-state index in [0.717, 1.165) is 12.1 Å². The zero-order valence-electron chi connectivity index (χ0n) is 12.5. The number of carbonyl (C=O) groups excluding carboxylic acids is 1. The van der Waals surface area contributed by atoms with Crippen LogP contribution in [0.15, 0.2) is 18.2 Å². The molecule has 0 bridgehead atoms. The normalized spacial score (nSPS) is 12.3. The first kappa shape index (κ1) is 16.8. The van der Waals surface area contributed by atoms with Gasteiger partial charge in [-0.1, -0.05) is 25.4 Å². The van der Waals surface area contributed by atoms with Crippen LogP contribution in [-0.4, -0.2) is 25.6 Å². The lowest BCUT2D eigenvalue weighted by atomic mass is 10.1. The van der Waals surface area contributed by atoms with Crippen molar-refractivity contribution in [3.05, 3.63) is 28.8 Å². The Morgan fingerprint density at radius 3 is 2.65 bits per heavy atom. The highest BCUT2D eigenvalue weighted by atomic mass is 35.5. The molecule has 1 aromatic carbocycles. The van der Waals surface area contributed by atoms with Crippen molar-refractivity contribution < 1.29 is 9.53 Å². The third-order valence-corrected chi connectivity index (χ3v) is 3.05. The largest absolute Gasteiger partial charge is 0.481 e. The van der Waals surface area contributed by atoms with Gasteiger partial charge in [0.1, 0.15) is 5.75 Å². The third-order valence-electron chi connectivity index (χ3n) is 2.81. The number of nitrogens with one attached hydrogen (secondary N) is 2. The fourth-order valence-electron chi connectivity index (χ4n) is 1.74. The number of amides is 1. The number of rotatable bonds is 7. The highest BCUT2D eigenvalue weighted by Gasteiger charge is 2.15. The van der Waals surface area contributed by atoms with Crippen LogP contribution >= 0.6 is 11.6 Å². The number of likely N-dealkylation sites (N-methyl/N-ethyl adjacent to an activating group) is 1. The summed E-state index contributed by atoms with van der Waals surface area (Å²) < 4.78 is 5.70. The molecule has 0 aliphatic heterocycles. The van der Waals surface area contributed by atoms with Crippen LogP contribution in [0.25, 0.3) is 0 Å². The quantitative estimate of drug-likeness (QED) is 0.813. The van der Waals surface area contributed by atoms with Gasteiger partial charge in [-0.2, -0.15) is 0 Å². The molecule has 1 aromatic rings. The zero-order chi connectivity index (χ0) is 15.1. The van der Waals surface area contributed by atoms with Gasteiger partial charge in [0.15, 0.2) is 6.10 Å². The number of carbonyl (C=O) groups is 1. The molecule has 1 rings (SSSR count). The molecule has 0 saturated carbocycles. The van der Waals surface area contributed by atoms with Gasteiger partial charge in [0.2, 0.25) is 0 Å². The van der Waals surface area contributed by atoms with Gasteiger partial charge in [-0.3, -0.25) is 4.79 Å². The molecule has 0 aromatic heterocycles. The highest BCUT2D eigenvalue weighted by Crippen LogP contribution is 2.24. The Labute approximate surface area is 125 Å².